The summed E-state index contributed by atoms with van der Waals surface area (Å²) in [4.78, 5) is 33.6. The first-order valence-electron chi connectivity index (χ1n) is 11.9. The topological polar surface area (TPSA) is 137 Å². The van der Waals surface area contributed by atoms with Gasteiger partial charge in [-0.3, -0.25) is 4.57 Å². The third-order valence-corrected chi connectivity index (χ3v) is 6.60. The monoisotopic (exact) mass is 559 g/mol. The minimum absolute atomic E-state index is 0.386. The Morgan fingerprint density at radius 2 is 2.03 bits per heavy atom. The summed E-state index contributed by atoms with van der Waals surface area (Å²) in [5.41, 5.74) is 4.58. The first-order valence-corrected chi connectivity index (χ1v) is 12.9. The Labute approximate surface area is 223 Å². The number of rotatable bonds is 5. The van der Waals surface area contributed by atoms with Crippen molar-refractivity contribution in [1.29, 1.82) is 0 Å². The maximum absolute atomic E-state index is 10.6. The molecule has 39 heavy (non-hydrogen) atoms. The van der Waals surface area contributed by atoms with Crippen LogP contribution in [0.5, 0.6) is 0 Å². The number of carboxylic acids is 1. The minimum Gasteiger partial charge on any atom is -0.475 e. The van der Waals surface area contributed by atoms with E-state index in [-0.39, 0.29) is 0 Å². The number of imidazole rings is 2. The largest absolute Gasteiger partial charge is 0.490 e. The van der Waals surface area contributed by atoms with Crippen LogP contribution in [0.3, 0.4) is 0 Å². The van der Waals surface area contributed by atoms with E-state index >= 15 is 0 Å². The predicted octanol–water partition coefficient (Wildman–Crippen LogP) is 3.80. The van der Waals surface area contributed by atoms with Crippen LogP contribution in [0.1, 0.15) is 12.7 Å². The van der Waals surface area contributed by atoms with Crippen molar-refractivity contribution in [2.24, 2.45) is 0 Å². The van der Waals surface area contributed by atoms with E-state index in [1.54, 1.807) is 11.3 Å². The molecule has 1 saturated heterocycles. The molecule has 1 aromatic carbocycles. The van der Waals surface area contributed by atoms with Gasteiger partial charge in [0.1, 0.15) is 12.2 Å². The van der Waals surface area contributed by atoms with E-state index in [4.69, 9.17) is 19.9 Å². The summed E-state index contributed by atoms with van der Waals surface area (Å²) < 4.78 is 33.8. The van der Waals surface area contributed by atoms with E-state index in [2.05, 4.69) is 54.2 Å². The summed E-state index contributed by atoms with van der Waals surface area (Å²) >= 11 is 1.65. The SMILES string of the molecule is CC1CN(c2nc(NCc3nc4ccccc4[nH]3)c3ncn(-c4ccsc4)c3n2)CCN1.O=C(O)C(F)(F)F. The molecule has 4 N–H and O–H groups in total. The quantitative estimate of drug-likeness (QED) is 0.253. The van der Waals surface area contributed by atoms with E-state index in [1.165, 1.54) is 0 Å². The number of carbonyl (C=O) groups is 1. The molecule has 0 radical (unpaired) electrons. The van der Waals surface area contributed by atoms with Gasteiger partial charge in [-0.05, 0) is 30.5 Å². The lowest BCUT2D eigenvalue weighted by atomic mass is 10.2. The zero-order valence-corrected chi connectivity index (χ0v) is 21.4. The fourth-order valence-electron chi connectivity index (χ4n) is 4.11. The lowest BCUT2D eigenvalue weighted by molar-refractivity contribution is -0.192. The van der Waals surface area contributed by atoms with Crippen LogP contribution < -0.4 is 15.5 Å². The van der Waals surface area contributed by atoms with E-state index < -0.39 is 12.1 Å². The zero-order valence-electron chi connectivity index (χ0n) is 20.6. The Morgan fingerprint density at radius 1 is 1.23 bits per heavy atom. The van der Waals surface area contributed by atoms with Crippen molar-refractivity contribution in [3.63, 3.8) is 0 Å². The number of aliphatic carboxylic acids is 1. The van der Waals surface area contributed by atoms with Gasteiger partial charge in [0.05, 0.1) is 23.3 Å². The minimum atomic E-state index is -5.08. The molecular weight excluding hydrogens is 535 g/mol. The van der Waals surface area contributed by atoms with Gasteiger partial charge in [-0.25, -0.2) is 14.8 Å². The third-order valence-electron chi connectivity index (χ3n) is 5.92. The van der Waals surface area contributed by atoms with Gasteiger partial charge >= 0.3 is 12.1 Å². The zero-order chi connectivity index (χ0) is 27.6. The maximum Gasteiger partial charge on any atom is 0.490 e. The Bertz CT molecular complexity index is 1550. The number of piperazine rings is 1. The van der Waals surface area contributed by atoms with Gasteiger partial charge in [-0.1, -0.05) is 12.1 Å². The number of H-pyrrole nitrogens is 1. The molecule has 1 fully saturated rings. The fourth-order valence-corrected chi connectivity index (χ4v) is 4.74. The molecule has 11 nitrogen and oxygen atoms in total. The summed E-state index contributed by atoms with van der Waals surface area (Å²) in [7, 11) is 0. The van der Waals surface area contributed by atoms with Crippen LogP contribution in [0.15, 0.2) is 47.4 Å². The van der Waals surface area contributed by atoms with E-state index in [0.717, 1.165) is 59.3 Å². The van der Waals surface area contributed by atoms with Crippen LogP contribution >= 0.6 is 11.3 Å². The lowest BCUT2D eigenvalue weighted by Crippen LogP contribution is -2.49. The Kier molecular flexibility index (Phi) is 7.34. The highest BCUT2D eigenvalue weighted by Gasteiger charge is 2.38. The molecule has 0 amide bonds. The molecule has 4 aromatic heterocycles. The number of fused-ring (bicyclic) bond motifs is 2. The highest BCUT2D eigenvalue weighted by atomic mass is 32.1. The number of benzene rings is 1. The van der Waals surface area contributed by atoms with Crippen molar-refractivity contribution in [2.75, 3.05) is 29.9 Å². The van der Waals surface area contributed by atoms with Crippen LogP contribution in [0, 0.1) is 0 Å². The number of alkyl halides is 3. The van der Waals surface area contributed by atoms with Crippen molar-refractivity contribution in [2.45, 2.75) is 25.7 Å². The van der Waals surface area contributed by atoms with Gasteiger partial charge in [0.15, 0.2) is 17.0 Å². The van der Waals surface area contributed by atoms with Crippen LogP contribution in [-0.2, 0) is 11.3 Å². The van der Waals surface area contributed by atoms with Crippen LogP contribution in [0.4, 0.5) is 24.9 Å². The second kappa shape index (κ2) is 10.9. The first-order chi connectivity index (χ1) is 18.7. The third kappa shape index (κ3) is 5.93. The molecule has 1 aliphatic heterocycles. The molecule has 1 aliphatic rings. The summed E-state index contributed by atoms with van der Waals surface area (Å²) in [6.07, 6.45) is -3.27. The second-order valence-corrected chi connectivity index (χ2v) is 9.58. The number of nitrogens with one attached hydrogen (secondary N) is 3. The number of para-hydroxylation sites is 2. The second-order valence-electron chi connectivity index (χ2n) is 8.80. The van der Waals surface area contributed by atoms with Crippen molar-refractivity contribution < 1.29 is 23.1 Å². The molecule has 204 valence electrons. The van der Waals surface area contributed by atoms with E-state index in [0.29, 0.717) is 18.4 Å². The normalized spacial score (nSPS) is 15.8. The molecule has 0 spiro atoms. The Balaban J connectivity index is 0.000000392. The molecule has 0 saturated carbocycles. The Morgan fingerprint density at radius 3 is 2.72 bits per heavy atom. The van der Waals surface area contributed by atoms with E-state index in [1.807, 2.05) is 35.2 Å². The van der Waals surface area contributed by atoms with Crippen molar-refractivity contribution in [1.82, 2.24) is 34.8 Å². The molecule has 6 rings (SSSR count). The average Bonchev–Trinajstić information content (AvgIpc) is 3.66. The number of thiophene rings is 1. The molecule has 0 bridgehead atoms. The maximum atomic E-state index is 10.6. The van der Waals surface area contributed by atoms with Gasteiger partial charge in [0, 0.05) is 31.1 Å². The van der Waals surface area contributed by atoms with Gasteiger partial charge in [0.25, 0.3) is 0 Å². The number of nitrogens with zero attached hydrogens (tertiary/aromatic N) is 6. The van der Waals surface area contributed by atoms with Crippen LogP contribution in [-0.4, -0.2) is 72.4 Å². The standard InChI is InChI=1S/C22H23N9S.C2HF3O2/c1-14-11-30(8-7-23-14)22-28-20(24-10-18-26-16-4-2-3-5-17(16)27-18)19-21(29-22)31(13-25-19)15-6-9-32-12-15;3-2(4,5)1(6)7/h2-6,9,12-14,23H,7-8,10-11H2,1H3,(H,26,27)(H,24,28,29);(H,6,7). The summed E-state index contributed by atoms with van der Waals surface area (Å²) in [6, 6.07) is 10.5. The van der Waals surface area contributed by atoms with Gasteiger partial charge in [-0.15, -0.1) is 0 Å². The van der Waals surface area contributed by atoms with Gasteiger partial charge < -0.3 is 25.6 Å². The number of hydrogen-bond acceptors (Lipinski definition) is 9. The summed E-state index contributed by atoms with van der Waals surface area (Å²) in [5, 5.41) is 18.2. The molecule has 1 unspecified atom stereocenters. The number of hydrogen-bond donors (Lipinski definition) is 4. The highest BCUT2D eigenvalue weighted by Crippen LogP contribution is 2.26. The average molecular weight is 560 g/mol. The molecular formula is C24H24F3N9O2S. The predicted molar refractivity (Wildman–Crippen MR) is 141 cm³/mol. The molecule has 0 aliphatic carbocycles. The van der Waals surface area contributed by atoms with Crippen LogP contribution in [0.2, 0.25) is 0 Å². The van der Waals surface area contributed by atoms with E-state index in [9.17, 15) is 13.2 Å². The Hall–Kier alpha value is -4.24. The smallest absolute Gasteiger partial charge is 0.475 e. The number of halogens is 3. The fraction of sp³-hybridized carbons (Fsp3) is 0.292. The van der Waals surface area contributed by atoms with Crippen molar-refractivity contribution in [3.05, 3.63) is 53.2 Å². The summed E-state index contributed by atoms with van der Waals surface area (Å²) in [6.45, 7) is 5.34. The molecule has 1 atom stereocenters. The van der Waals surface area contributed by atoms with Gasteiger partial charge in [0.2, 0.25) is 5.95 Å². The number of anilines is 2. The summed E-state index contributed by atoms with van der Waals surface area (Å²) in [5.74, 6) is -0.472. The van der Waals surface area contributed by atoms with Crippen molar-refractivity contribution >= 4 is 51.3 Å². The van der Waals surface area contributed by atoms with Gasteiger partial charge in [-0.2, -0.15) is 34.5 Å². The molecule has 15 heteroatoms. The lowest BCUT2D eigenvalue weighted by Gasteiger charge is -2.32. The van der Waals surface area contributed by atoms with Crippen molar-refractivity contribution in [3.8, 4) is 5.69 Å². The number of aromatic amines is 1. The van der Waals surface area contributed by atoms with Crippen LogP contribution in [0.25, 0.3) is 27.9 Å². The molecule has 5 aromatic rings. The highest BCUT2D eigenvalue weighted by molar-refractivity contribution is 7.08. The first kappa shape index (κ1) is 26.4. The number of aromatic nitrogens is 6. The number of carboxylic acid groups (broad SMARTS) is 1. The molecule has 5 heterocycles.